The molecule has 0 aliphatic rings. The van der Waals surface area contributed by atoms with Gasteiger partial charge in [0.2, 0.25) is 23.6 Å². The van der Waals surface area contributed by atoms with Crippen molar-refractivity contribution in [2.75, 3.05) is 0 Å². The fraction of sp³-hybridized carbons (Fsp3) is 0.462. The number of carbonyl (C=O) groups excluding carboxylic acids is 4. The molecule has 0 radical (unpaired) electrons. The number of aromatic nitrogens is 1. The number of fused-ring (bicyclic) bond motifs is 1. The minimum Gasteiger partial charge on any atom is -0.481 e. The number of carbonyl (C=O) groups is 6. The molecule has 218 valence electrons. The van der Waals surface area contributed by atoms with Gasteiger partial charge in [-0.1, -0.05) is 38.5 Å². The summed E-state index contributed by atoms with van der Waals surface area (Å²) in [4.78, 5) is 76.4. The summed E-state index contributed by atoms with van der Waals surface area (Å²) in [6.45, 7) is 3.61. The number of primary amides is 1. The highest BCUT2D eigenvalue weighted by molar-refractivity contribution is 5.95. The molecule has 5 unspecified atom stereocenters. The van der Waals surface area contributed by atoms with Gasteiger partial charge in [0, 0.05) is 29.9 Å². The zero-order valence-corrected chi connectivity index (χ0v) is 22.3. The number of carboxylic acids is 2. The second-order valence-corrected chi connectivity index (χ2v) is 9.60. The standard InChI is InChI=1S/C26H36N6O8/c1-3-13(2)22(28)25(38)30-17(8-9-20(27)33)23(36)31-18(24(37)32-19(26(39)40)11-21(34)35)10-14-12-29-16-7-5-4-6-15(14)16/h4-7,12-13,17-19,22,29H,3,8-11,28H2,1-2H3,(H2,27,33)(H,30,38)(H,31,36)(H,32,37)(H,34,35)(H,39,40). The summed E-state index contributed by atoms with van der Waals surface area (Å²) in [5.41, 5.74) is 12.6. The van der Waals surface area contributed by atoms with Crippen LogP contribution in [0.25, 0.3) is 10.9 Å². The molecule has 0 saturated carbocycles. The molecule has 14 nitrogen and oxygen atoms in total. The molecule has 2 rings (SSSR count). The SMILES string of the molecule is CCC(C)C(N)C(=O)NC(CCC(N)=O)C(=O)NC(Cc1c[nH]c2ccccc12)C(=O)NC(CC(=O)O)C(=O)O. The van der Waals surface area contributed by atoms with E-state index >= 15 is 0 Å². The van der Waals surface area contributed by atoms with Gasteiger partial charge in [0.25, 0.3) is 0 Å². The van der Waals surface area contributed by atoms with Crippen molar-refractivity contribution in [2.45, 2.75) is 70.1 Å². The highest BCUT2D eigenvalue weighted by atomic mass is 16.4. The predicted octanol–water partition coefficient (Wildman–Crippen LogP) is -0.637. The largest absolute Gasteiger partial charge is 0.481 e. The highest BCUT2D eigenvalue weighted by Gasteiger charge is 2.32. The number of benzene rings is 1. The summed E-state index contributed by atoms with van der Waals surface area (Å²) in [7, 11) is 0. The molecule has 4 amide bonds. The molecule has 0 aliphatic carbocycles. The Balaban J connectivity index is 2.35. The number of nitrogens with one attached hydrogen (secondary N) is 4. The molecule has 0 bridgehead atoms. The third kappa shape index (κ3) is 9.08. The molecule has 1 aromatic carbocycles. The maximum absolute atomic E-state index is 13.3. The Kier molecular flexibility index (Phi) is 11.6. The number of para-hydroxylation sites is 1. The van der Waals surface area contributed by atoms with Crippen molar-refractivity contribution in [2.24, 2.45) is 17.4 Å². The molecule has 0 saturated heterocycles. The van der Waals surface area contributed by atoms with Gasteiger partial charge in [-0.3, -0.25) is 24.0 Å². The smallest absolute Gasteiger partial charge is 0.326 e. The molecule has 0 spiro atoms. The van der Waals surface area contributed by atoms with Gasteiger partial charge in [-0.2, -0.15) is 0 Å². The Morgan fingerprint density at radius 2 is 1.52 bits per heavy atom. The first-order valence-corrected chi connectivity index (χ1v) is 12.8. The molecule has 14 heteroatoms. The van der Waals surface area contributed by atoms with Crippen LogP contribution in [0, 0.1) is 5.92 Å². The third-order valence-electron chi connectivity index (χ3n) is 6.60. The summed E-state index contributed by atoms with van der Waals surface area (Å²) in [5, 5.41) is 26.4. The zero-order chi connectivity index (χ0) is 30.0. The first-order chi connectivity index (χ1) is 18.8. The van der Waals surface area contributed by atoms with E-state index in [1.165, 1.54) is 0 Å². The molecule has 2 aromatic rings. The normalized spacial score (nSPS) is 14.8. The van der Waals surface area contributed by atoms with Gasteiger partial charge in [0.1, 0.15) is 18.1 Å². The van der Waals surface area contributed by atoms with Crippen LogP contribution in [0.3, 0.4) is 0 Å². The summed E-state index contributed by atoms with van der Waals surface area (Å²) in [6, 6.07) is 1.80. The van der Waals surface area contributed by atoms with Crippen LogP contribution in [-0.4, -0.2) is 74.9 Å². The van der Waals surface area contributed by atoms with Crippen LogP contribution in [0.4, 0.5) is 0 Å². The van der Waals surface area contributed by atoms with Crippen LogP contribution in [0.5, 0.6) is 0 Å². The molecule has 0 aliphatic heterocycles. The van der Waals surface area contributed by atoms with E-state index in [1.54, 1.807) is 37.4 Å². The lowest BCUT2D eigenvalue weighted by atomic mass is 9.98. The minimum absolute atomic E-state index is 0.107. The van der Waals surface area contributed by atoms with E-state index in [-0.39, 0.29) is 25.2 Å². The average Bonchev–Trinajstić information content (AvgIpc) is 3.31. The van der Waals surface area contributed by atoms with Crippen LogP contribution in [0.1, 0.15) is 45.1 Å². The van der Waals surface area contributed by atoms with Gasteiger partial charge in [-0.15, -0.1) is 0 Å². The number of rotatable bonds is 16. The Hall–Kier alpha value is -4.46. The van der Waals surface area contributed by atoms with Crippen LogP contribution in [0.2, 0.25) is 0 Å². The quantitative estimate of drug-likeness (QED) is 0.130. The maximum atomic E-state index is 13.3. The van der Waals surface area contributed by atoms with Gasteiger partial charge in [-0.05, 0) is 24.0 Å². The lowest BCUT2D eigenvalue weighted by Crippen LogP contribution is -2.58. The van der Waals surface area contributed by atoms with Crippen LogP contribution >= 0.6 is 0 Å². The molecular formula is C26H36N6O8. The van der Waals surface area contributed by atoms with E-state index in [1.807, 2.05) is 6.92 Å². The molecule has 10 N–H and O–H groups in total. The van der Waals surface area contributed by atoms with E-state index < -0.39 is 66.2 Å². The van der Waals surface area contributed by atoms with E-state index in [0.29, 0.717) is 12.0 Å². The molecule has 0 fully saturated rings. The number of carboxylic acid groups (broad SMARTS) is 2. The number of amides is 4. The van der Waals surface area contributed by atoms with Crippen molar-refractivity contribution in [3.63, 3.8) is 0 Å². The van der Waals surface area contributed by atoms with Gasteiger partial charge >= 0.3 is 11.9 Å². The topological polar surface area (TPSA) is 247 Å². The average molecular weight is 561 g/mol. The number of H-pyrrole nitrogens is 1. The van der Waals surface area contributed by atoms with Gasteiger partial charge in [-0.25, -0.2) is 4.79 Å². The number of hydrogen-bond acceptors (Lipinski definition) is 7. The fourth-order valence-electron chi connectivity index (χ4n) is 3.98. The van der Waals surface area contributed by atoms with Crippen molar-refractivity contribution in [1.82, 2.24) is 20.9 Å². The van der Waals surface area contributed by atoms with Crippen molar-refractivity contribution in [3.8, 4) is 0 Å². The van der Waals surface area contributed by atoms with Crippen LogP contribution < -0.4 is 27.4 Å². The van der Waals surface area contributed by atoms with E-state index in [0.717, 1.165) is 10.9 Å². The lowest BCUT2D eigenvalue weighted by molar-refractivity contribution is -0.147. The summed E-state index contributed by atoms with van der Waals surface area (Å²) in [6.07, 6.45) is 0.791. The Labute approximate surface area is 230 Å². The summed E-state index contributed by atoms with van der Waals surface area (Å²) >= 11 is 0. The minimum atomic E-state index is -1.76. The predicted molar refractivity (Wildman–Crippen MR) is 144 cm³/mol. The first kappa shape index (κ1) is 31.8. The third-order valence-corrected chi connectivity index (χ3v) is 6.60. The number of hydrogen-bond donors (Lipinski definition) is 8. The molecule has 5 atom stereocenters. The van der Waals surface area contributed by atoms with Crippen LogP contribution in [-0.2, 0) is 35.2 Å². The molecular weight excluding hydrogens is 524 g/mol. The molecule has 1 aromatic heterocycles. The summed E-state index contributed by atoms with van der Waals surface area (Å²) in [5.74, 6) is -6.37. The van der Waals surface area contributed by atoms with E-state index in [2.05, 4.69) is 20.9 Å². The Morgan fingerprint density at radius 1 is 0.925 bits per heavy atom. The van der Waals surface area contributed by atoms with Crippen LogP contribution in [0.15, 0.2) is 30.5 Å². The Morgan fingerprint density at radius 3 is 2.12 bits per heavy atom. The second-order valence-electron chi connectivity index (χ2n) is 9.60. The van der Waals surface area contributed by atoms with Crippen molar-refractivity contribution in [1.29, 1.82) is 0 Å². The second kappa shape index (κ2) is 14.6. The van der Waals surface area contributed by atoms with Gasteiger partial charge in [0.05, 0.1) is 12.5 Å². The monoisotopic (exact) mass is 560 g/mol. The number of nitrogens with two attached hydrogens (primary N) is 2. The van der Waals surface area contributed by atoms with Gasteiger partial charge in [0.15, 0.2) is 0 Å². The molecule has 40 heavy (non-hydrogen) atoms. The van der Waals surface area contributed by atoms with Gasteiger partial charge < -0.3 is 42.6 Å². The lowest BCUT2D eigenvalue weighted by Gasteiger charge is -2.26. The highest BCUT2D eigenvalue weighted by Crippen LogP contribution is 2.19. The molecule has 1 heterocycles. The fourth-order valence-corrected chi connectivity index (χ4v) is 3.98. The number of aromatic amines is 1. The van der Waals surface area contributed by atoms with E-state index in [4.69, 9.17) is 16.6 Å². The first-order valence-electron chi connectivity index (χ1n) is 12.8. The van der Waals surface area contributed by atoms with E-state index in [9.17, 15) is 33.9 Å². The van der Waals surface area contributed by atoms with Crippen molar-refractivity contribution in [3.05, 3.63) is 36.0 Å². The maximum Gasteiger partial charge on any atom is 0.326 e. The number of aliphatic carboxylic acids is 2. The Bertz CT molecular complexity index is 1240. The summed E-state index contributed by atoms with van der Waals surface area (Å²) < 4.78 is 0. The zero-order valence-electron chi connectivity index (χ0n) is 22.3. The van der Waals surface area contributed by atoms with Crippen molar-refractivity contribution >= 4 is 46.5 Å². The van der Waals surface area contributed by atoms with Crippen molar-refractivity contribution < 1.29 is 39.0 Å².